The first-order valence-corrected chi connectivity index (χ1v) is 8.68. The second kappa shape index (κ2) is 6.10. The van der Waals surface area contributed by atoms with E-state index in [4.69, 9.17) is 0 Å². The molecule has 0 aliphatic heterocycles. The number of anilines is 1. The molecule has 22 heavy (non-hydrogen) atoms. The molecular formula is C15H21N3O3S. The Morgan fingerprint density at radius 2 is 2.05 bits per heavy atom. The van der Waals surface area contributed by atoms with Crippen LogP contribution >= 0.6 is 0 Å². The van der Waals surface area contributed by atoms with Crippen LogP contribution in [0.4, 0.5) is 5.69 Å². The van der Waals surface area contributed by atoms with Gasteiger partial charge < -0.3 is 10.4 Å². The van der Waals surface area contributed by atoms with Crippen LogP contribution in [-0.2, 0) is 22.5 Å². The number of aliphatic hydroxyl groups is 1. The number of aryl methyl sites for hydroxylation is 1. The number of hydrogen-bond donors (Lipinski definition) is 2. The Labute approximate surface area is 130 Å². The fourth-order valence-corrected chi connectivity index (χ4v) is 3.18. The molecule has 1 heterocycles. The Hall–Kier alpha value is -1.86. The predicted octanol–water partition coefficient (Wildman–Crippen LogP) is 1.53. The van der Waals surface area contributed by atoms with Gasteiger partial charge in [-0.05, 0) is 19.1 Å². The van der Waals surface area contributed by atoms with E-state index in [1.54, 1.807) is 62.2 Å². The van der Waals surface area contributed by atoms with Crippen LogP contribution in [0.5, 0.6) is 0 Å². The van der Waals surface area contributed by atoms with Gasteiger partial charge >= 0.3 is 0 Å². The third kappa shape index (κ3) is 3.48. The van der Waals surface area contributed by atoms with Crippen LogP contribution in [0.15, 0.2) is 41.6 Å². The van der Waals surface area contributed by atoms with E-state index in [9.17, 15) is 13.5 Å². The van der Waals surface area contributed by atoms with Crippen molar-refractivity contribution in [3.63, 3.8) is 0 Å². The highest BCUT2D eigenvalue weighted by atomic mass is 32.2. The maximum absolute atomic E-state index is 12.1. The van der Waals surface area contributed by atoms with E-state index < -0.39 is 15.4 Å². The van der Waals surface area contributed by atoms with E-state index in [0.717, 1.165) is 0 Å². The van der Waals surface area contributed by atoms with Crippen LogP contribution in [0.2, 0.25) is 0 Å². The summed E-state index contributed by atoms with van der Waals surface area (Å²) in [6.45, 7) is 3.45. The van der Waals surface area contributed by atoms with Crippen LogP contribution in [0.1, 0.15) is 19.4 Å². The fraction of sp³-hybridized carbons (Fsp3) is 0.400. The molecule has 2 rings (SSSR count). The van der Waals surface area contributed by atoms with Crippen molar-refractivity contribution >= 4 is 15.5 Å². The highest BCUT2D eigenvalue weighted by Gasteiger charge is 2.25. The van der Waals surface area contributed by atoms with Crippen LogP contribution in [0.25, 0.3) is 0 Å². The summed E-state index contributed by atoms with van der Waals surface area (Å²) >= 11 is 0. The number of aromatic nitrogens is 2. The summed E-state index contributed by atoms with van der Waals surface area (Å²) in [6.07, 6.45) is 3.33. The Kier molecular flexibility index (Phi) is 4.58. The third-order valence-corrected chi connectivity index (χ3v) is 5.34. The lowest BCUT2D eigenvalue weighted by atomic mass is 9.99. The van der Waals surface area contributed by atoms with Crippen molar-refractivity contribution < 1.29 is 13.5 Å². The van der Waals surface area contributed by atoms with Gasteiger partial charge in [0.05, 0.1) is 22.5 Å². The van der Waals surface area contributed by atoms with Gasteiger partial charge in [0.15, 0.2) is 9.84 Å². The maximum atomic E-state index is 12.1. The molecule has 0 radical (unpaired) electrons. The molecule has 0 saturated heterocycles. The lowest BCUT2D eigenvalue weighted by molar-refractivity contribution is 0.0714. The molecule has 1 aromatic heterocycles. The zero-order chi connectivity index (χ0) is 16.4. The summed E-state index contributed by atoms with van der Waals surface area (Å²) in [5, 5.41) is 17.6. The van der Waals surface area contributed by atoms with Gasteiger partial charge in [0.1, 0.15) is 5.60 Å². The number of benzene rings is 1. The molecule has 1 aromatic carbocycles. The van der Waals surface area contributed by atoms with Crippen LogP contribution in [0, 0.1) is 0 Å². The summed E-state index contributed by atoms with van der Waals surface area (Å²) in [6, 6.07) is 6.71. The zero-order valence-corrected chi connectivity index (χ0v) is 13.8. The third-order valence-electron chi connectivity index (χ3n) is 3.55. The first-order chi connectivity index (χ1) is 10.3. The van der Waals surface area contributed by atoms with Crippen LogP contribution in [0.3, 0.4) is 0 Å². The summed E-state index contributed by atoms with van der Waals surface area (Å²) in [5.74, 6) is 0.0324. The minimum absolute atomic E-state index is 0.0324. The van der Waals surface area contributed by atoms with E-state index in [1.807, 2.05) is 0 Å². The van der Waals surface area contributed by atoms with Gasteiger partial charge in [-0.1, -0.05) is 19.1 Å². The minimum atomic E-state index is -3.32. The summed E-state index contributed by atoms with van der Waals surface area (Å²) in [4.78, 5) is 0.250. The summed E-state index contributed by atoms with van der Waals surface area (Å²) < 4.78 is 25.8. The number of rotatable bonds is 6. The van der Waals surface area contributed by atoms with Crippen molar-refractivity contribution in [3.8, 4) is 0 Å². The molecule has 0 amide bonds. The number of nitrogens with one attached hydrogen (secondary N) is 1. The van der Waals surface area contributed by atoms with E-state index in [-0.39, 0.29) is 17.2 Å². The monoisotopic (exact) mass is 323 g/mol. The number of sulfone groups is 1. The van der Waals surface area contributed by atoms with E-state index in [2.05, 4.69) is 10.4 Å². The molecule has 0 saturated carbocycles. The van der Waals surface area contributed by atoms with Gasteiger partial charge in [0, 0.05) is 25.4 Å². The van der Waals surface area contributed by atoms with Crippen molar-refractivity contribution in [3.05, 3.63) is 42.2 Å². The Morgan fingerprint density at radius 3 is 2.64 bits per heavy atom. The smallest absolute Gasteiger partial charge is 0.180 e. The lowest BCUT2D eigenvalue weighted by Crippen LogP contribution is -2.30. The highest BCUT2D eigenvalue weighted by molar-refractivity contribution is 7.91. The average molecular weight is 323 g/mol. The Morgan fingerprint density at radius 1 is 1.36 bits per heavy atom. The first kappa shape index (κ1) is 16.5. The van der Waals surface area contributed by atoms with E-state index in [0.29, 0.717) is 11.3 Å². The minimum Gasteiger partial charge on any atom is -0.383 e. The first-order valence-electron chi connectivity index (χ1n) is 7.03. The Balaban J connectivity index is 2.22. The quantitative estimate of drug-likeness (QED) is 0.842. The van der Waals surface area contributed by atoms with Crippen molar-refractivity contribution in [2.24, 2.45) is 7.05 Å². The SMILES string of the molecule is CCS(=O)(=O)c1ccccc1NCC(C)(O)c1cnn(C)c1. The van der Waals surface area contributed by atoms with Gasteiger partial charge in [-0.15, -0.1) is 0 Å². The molecule has 2 N–H and O–H groups in total. The second-order valence-corrected chi connectivity index (χ2v) is 7.68. The fourth-order valence-electron chi connectivity index (χ4n) is 2.11. The molecule has 0 aliphatic rings. The van der Waals surface area contributed by atoms with Gasteiger partial charge in [0.2, 0.25) is 0 Å². The van der Waals surface area contributed by atoms with Gasteiger partial charge in [-0.3, -0.25) is 4.68 Å². The van der Waals surface area contributed by atoms with Crippen molar-refractivity contribution in [2.75, 3.05) is 17.6 Å². The number of hydrogen-bond acceptors (Lipinski definition) is 5. The topological polar surface area (TPSA) is 84.2 Å². The Bertz CT molecular complexity index is 751. The maximum Gasteiger partial charge on any atom is 0.180 e. The average Bonchev–Trinajstić information content (AvgIpc) is 2.93. The molecule has 7 heteroatoms. The molecule has 6 nitrogen and oxygen atoms in total. The molecule has 1 unspecified atom stereocenters. The zero-order valence-electron chi connectivity index (χ0n) is 12.9. The summed E-state index contributed by atoms with van der Waals surface area (Å²) in [5.41, 5.74) is 0.00371. The lowest BCUT2D eigenvalue weighted by Gasteiger charge is -2.23. The second-order valence-electron chi connectivity index (χ2n) is 5.43. The molecule has 1 atom stereocenters. The number of nitrogens with zero attached hydrogens (tertiary/aromatic N) is 2. The van der Waals surface area contributed by atoms with Crippen LogP contribution in [-0.4, -0.2) is 35.6 Å². The molecule has 120 valence electrons. The highest BCUT2D eigenvalue weighted by Crippen LogP contribution is 2.25. The molecule has 2 aromatic rings. The number of para-hydroxylation sites is 1. The largest absolute Gasteiger partial charge is 0.383 e. The molecule has 0 aliphatic carbocycles. The van der Waals surface area contributed by atoms with Gasteiger partial charge in [-0.2, -0.15) is 5.10 Å². The standard InChI is InChI=1S/C15H21N3O3S/c1-4-22(20,21)14-8-6-5-7-13(14)16-11-15(2,19)12-9-17-18(3)10-12/h5-10,16,19H,4,11H2,1-3H3. The van der Waals surface area contributed by atoms with Gasteiger partial charge in [0.25, 0.3) is 0 Å². The molecule has 0 bridgehead atoms. The van der Waals surface area contributed by atoms with E-state index in [1.165, 1.54) is 0 Å². The van der Waals surface area contributed by atoms with E-state index >= 15 is 0 Å². The molecule has 0 spiro atoms. The van der Waals surface area contributed by atoms with Crippen LogP contribution < -0.4 is 5.32 Å². The van der Waals surface area contributed by atoms with Crippen molar-refractivity contribution in [2.45, 2.75) is 24.3 Å². The van der Waals surface area contributed by atoms with Crippen molar-refractivity contribution in [1.82, 2.24) is 9.78 Å². The molecular weight excluding hydrogens is 302 g/mol. The van der Waals surface area contributed by atoms with Gasteiger partial charge in [-0.25, -0.2) is 8.42 Å². The normalized spacial score (nSPS) is 14.5. The van der Waals surface area contributed by atoms with Crippen molar-refractivity contribution in [1.29, 1.82) is 0 Å². The predicted molar refractivity (Wildman–Crippen MR) is 85.4 cm³/mol. The molecule has 0 fully saturated rings. The summed E-state index contributed by atoms with van der Waals surface area (Å²) in [7, 11) is -1.54.